The molecule has 0 aliphatic heterocycles. The molecule has 1 N–H and O–H groups in total. The molecule has 0 bridgehead atoms. The number of benzene rings is 1. The molecular weight excluding hydrogens is 262 g/mol. The summed E-state index contributed by atoms with van der Waals surface area (Å²) < 4.78 is 0. The van der Waals surface area contributed by atoms with Crippen LogP contribution in [0.1, 0.15) is 5.56 Å². The average molecular weight is 274 g/mol. The summed E-state index contributed by atoms with van der Waals surface area (Å²) in [6.07, 6.45) is -0.0771. The Hall–Kier alpha value is -1.20. The van der Waals surface area contributed by atoms with Crippen LogP contribution in [-0.2, 0) is 11.2 Å². The molecule has 0 unspecified atom stereocenters. The predicted octanol–water partition coefficient (Wildman–Crippen LogP) is 2.74. The van der Waals surface area contributed by atoms with Gasteiger partial charge in [0.25, 0.3) is 5.24 Å². The van der Waals surface area contributed by atoms with Crippen molar-refractivity contribution in [1.82, 2.24) is 4.90 Å². The number of aliphatic carboxylic acids is 1. The molecular formula is C11H12ClNO3S. The van der Waals surface area contributed by atoms with E-state index in [4.69, 9.17) is 16.7 Å². The molecule has 0 spiro atoms. The average Bonchev–Trinajstić information content (AvgIpc) is 2.20. The van der Waals surface area contributed by atoms with Crippen molar-refractivity contribution in [3.63, 3.8) is 0 Å². The number of halogens is 1. The standard InChI is InChI=1S/C11H12ClNO3S/c1-13(2)11(16)17-9-4-3-7(5-8(9)12)6-10(14)15/h3-5H,6H2,1-2H3,(H,14,15). The van der Waals surface area contributed by atoms with Gasteiger partial charge in [-0.2, -0.15) is 0 Å². The third kappa shape index (κ3) is 4.28. The number of carboxylic acid groups (broad SMARTS) is 1. The van der Waals surface area contributed by atoms with Crippen molar-refractivity contribution in [3.05, 3.63) is 28.8 Å². The number of hydrogen-bond donors (Lipinski definition) is 1. The highest BCUT2D eigenvalue weighted by molar-refractivity contribution is 8.13. The van der Waals surface area contributed by atoms with Gasteiger partial charge in [0.1, 0.15) is 0 Å². The van der Waals surface area contributed by atoms with Gasteiger partial charge in [-0.1, -0.05) is 17.7 Å². The molecule has 0 saturated heterocycles. The van der Waals surface area contributed by atoms with E-state index in [1.54, 1.807) is 32.3 Å². The van der Waals surface area contributed by atoms with E-state index in [0.29, 0.717) is 15.5 Å². The zero-order valence-corrected chi connectivity index (χ0v) is 11.0. The van der Waals surface area contributed by atoms with Crippen LogP contribution in [0.3, 0.4) is 0 Å². The molecule has 4 nitrogen and oxygen atoms in total. The number of nitrogens with zero attached hydrogens (tertiary/aromatic N) is 1. The topological polar surface area (TPSA) is 57.6 Å². The molecule has 0 heterocycles. The molecule has 1 aromatic rings. The summed E-state index contributed by atoms with van der Waals surface area (Å²) in [5.41, 5.74) is 0.615. The quantitative estimate of drug-likeness (QED) is 0.861. The van der Waals surface area contributed by atoms with Crippen LogP contribution in [0, 0.1) is 0 Å². The van der Waals surface area contributed by atoms with Gasteiger partial charge in [0, 0.05) is 19.0 Å². The Kier molecular flexibility index (Phi) is 4.84. The fourth-order valence-electron chi connectivity index (χ4n) is 1.10. The Morgan fingerprint density at radius 2 is 2.06 bits per heavy atom. The second-order valence-corrected chi connectivity index (χ2v) is 5.00. The van der Waals surface area contributed by atoms with Crippen molar-refractivity contribution in [1.29, 1.82) is 0 Å². The fourth-order valence-corrected chi connectivity index (χ4v) is 2.08. The largest absolute Gasteiger partial charge is 0.481 e. The summed E-state index contributed by atoms with van der Waals surface area (Å²) in [4.78, 5) is 24.1. The monoisotopic (exact) mass is 273 g/mol. The van der Waals surface area contributed by atoms with Gasteiger partial charge in [0.05, 0.1) is 11.4 Å². The summed E-state index contributed by atoms with van der Waals surface area (Å²) in [7, 11) is 3.31. The van der Waals surface area contributed by atoms with E-state index >= 15 is 0 Å². The van der Waals surface area contributed by atoms with Crippen LogP contribution in [0.2, 0.25) is 5.02 Å². The molecule has 0 saturated carbocycles. The van der Waals surface area contributed by atoms with Crippen molar-refractivity contribution in [2.24, 2.45) is 0 Å². The molecule has 0 fully saturated rings. The van der Waals surface area contributed by atoms with Gasteiger partial charge in [-0.05, 0) is 29.5 Å². The number of amides is 1. The van der Waals surface area contributed by atoms with Crippen LogP contribution in [0.4, 0.5) is 4.79 Å². The fraction of sp³-hybridized carbons (Fsp3) is 0.273. The van der Waals surface area contributed by atoms with Gasteiger partial charge in [-0.15, -0.1) is 0 Å². The first-order valence-electron chi connectivity index (χ1n) is 4.79. The maximum absolute atomic E-state index is 11.5. The lowest BCUT2D eigenvalue weighted by molar-refractivity contribution is -0.136. The second-order valence-electron chi connectivity index (χ2n) is 3.60. The molecule has 0 aliphatic carbocycles. The number of rotatable bonds is 3. The molecule has 0 radical (unpaired) electrons. The SMILES string of the molecule is CN(C)C(=O)Sc1ccc(CC(=O)O)cc1Cl. The molecule has 1 rings (SSSR count). The molecule has 1 amide bonds. The van der Waals surface area contributed by atoms with Crippen molar-refractivity contribution in [2.75, 3.05) is 14.1 Å². The van der Waals surface area contributed by atoms with E-state index in [0.717, 1.165) is 11.8 Å². The molecule has 0 atom stereocenters. The molecule has 92 valence electrons. The Morgan fingerprint density at radius 1 is 1.41 bits per heavy atom. The van der Waals surface area contributed by atoms with Gasteiger partial charge in [0.15, 0.2) is 0 Å². The summed E-state index contributed by atoms with van der Waals surface area (Å²) in [5, 5.41) is 8.90. The van der Waals surface area contributed by atoms with Crippen LogP contribution in [-0.4, -0.2) is 35.3 Å². The highest BCUT2D eigenvalue weighted by Gasteiger charge is 2.11. The first-order valence-corrected chi connectivity index (χ1v) is 5.99. The summed E-state index contributed by atoms with van der Waals surface area (Å²) in [6.45, 7) is 0. The first kappa shape index (κ1) is 13.9. The smallest absolute Gasteiger partial charge is 0.307 e. The number of carboxylic acids is 1. The highest BCUT2D eigenvalue weighted by Crippen LogP contribution is 2.29. The minimum absolute atomic E-state index is 0.0771. The summed E-state index contributed by atoms with van der Waals surface area (Å²) in [5.74, 6) is -0.911. The Morgan fingerprint density at radius 3 is 2.53 bits per heavy atom. The van der Waals surface area contributed by atoms with Gasteiger partial charge in [0.2, 0.25) is 0 Å². The maximum atomic E-state index is 11.5. The van der Waals surface area contributed by atoms with Crippen LogP contribution < -0.4 is 0 Å². The minimum Gasteiger partial charge on any atom is -0.481 e. The van der Waals surface area contributed by atoms with E-state index in [-0.39, 0.29) is 11.7 Å². The third-order valence-corrected chi connectivity index (χ3v) is 3.45. The van der Waals surface area contributed by atoms with Gasteiger partial charge < -0.3 is 10.0 Å². The molecule has 0 aromatic heterocycles. The normalized spacial score (nSPS) is 10.1. The van der Waals surface area contributed by atoms with Crippen LogP contribution >= 0.6 is 23.4 Å². The molecule has 1 aromatic carbocycles. The van der Waals surface area contributed by atoms with E-state index < -0.39 is 5.97 Å². The van der Waals surface area contributed by atoms with Crippen LogP contribution in [0.25, 0.3) is 0 Å². The first-order chi connectivity index (χ1) is 7.90. The lowest BCUT2D eigenvalue weighted by Gasteiger charge is -2.10. The van der Waals surface area contributed by atoms with Gasteiger partial charge >= 0.3 is 5.97 Å². The second kappa shape index (κ2) is 5.93. The zero-order valence-electron chi connectivity index (χ0n) is 9.44. The molecule has 6 heteroatoms. The number of carbonyl (C=O) groups is 2. The molecule has 17 heavy (non-hydrogen) atoms. The van der Waals surface area contributed by atoms with Crippen molar-refractivity contribution in [3.8, 4) is 0 Å². The predicted molar refractivity (Wildman–Crippen MR) is 67.7 cm³/mol. The Labute approximate surface area is 109 Å². The van der Waals surface area contributed by atoms with E-state index in [9.17, 15) is 9.59 Å². The number of thioether (sulfide) groups is 1. The van der Waals surface area contributed by atoms with Crippen molar-refractivity contribution >= 4 is 34.6 Å². The Bertz CT molecular complexity index is 448. The van der Waals surface area contributed by atoms with Crippen LogP contribution in [0.5, 0.6) is 0 Å². The maximum Gasteiger partial charge on any atom is 0.307 e. The minimum atomic E-state index is -0.911. The van der Waals surface area contributed by atoms with E-state index in [1.165, 1.54) is 4.90 Å². The van der Waals surface area contributed by atoms with Crippen LogP contribution in [0.15, 0.2) is 23.1 Å². The van der Waals surface area contributed by atoms with Gasteiger partial charge in [-0.3, -0.25) is 9.59 Å². The third-order valence-electron chi connectivity index (χ3n) is 1.91. The van der Waals surface area contributed by atoms with Crippen molar-refractivity contribution in [2.45, 2.75) is 11.3 Å². The Balaban J connectivity index is 2.83. The van der Waals surface area contributed by atoms with Crippen molar-refractivity contribution < 1.29 is 14.7 Å². The van der Waals surface area contributed by atoms with E-state index in [2.05, 4.69) is 0 Å². The molecule has 0 aliphatic rings. The lowest BCUT2D eigenvalue weighted by atomic mass is 10.1. The zero-order chi connectivity index (χ0) is 13.0. The summed E-state index contributed by atoms with van der Waals surface area (Å²) in [6, 6.07) is 4.89. The lowest BCUT2D eigenvalue weighted by Crippen LogP contribution is -2.16. The van der Waals surface area contributed by atoms with E-state index in [1.807, 2.05) is 0 Å². The number of carbonyl (C=O) groups excluding carboxylic acids is 1. The summed E-state index contributed by atoms with van der Waals surface area (Å²) >= 11 is 6.99. The highest BCUT2D eigenvalue weighted by atomic mass is 35.5. The van der Waals surface area contributed by atoms with Gasteiger partial charge in [-0.25, -0.2) is 0 Å². The number of hydrogen-bond acceptors (Lipinski definition) is 3.